The highest BCUT2D eigenvalue weighted by molar-refractivity contribution is 6.01. The highest BCUT2D eigenvalue weighted by Gasteiger charge is 2.36. The van der Waals surface area contributed by atoms with E-state index >= 15 is 0 Å². The second-order valence-corrected chi connectivity index (χ2v) is 4.91. The van der Waals surface area contributed by atoms with Crippen molar-refractivity contribution in [2.24, 2.45) is 0 Å². The first-order valence-corrected chi connectivity index (χ1v) is 6.41. The monoisotopic (exact) mass is 318 g/mol. The van der Waals surface area contributed by atoms with Gasteiger partial charge >= 0.3 is 12.1 Å². The number of amides is 2. The first kappa shape index (κ1) is 16.1. The number of aryl methyl sites for hydroxylation is 1. The zero-order valence-corrected chi connectivity index (χ0v) is 11.9. The predicted octanol–water partition coefficient (Wildman–Crippen LogP) is 1.73. The maximum absolute atomic E-state index is 12.8. The van der Waals surface area contributed by atoms with Crippen molar-refractivity contribution < 1.29 is 32.4 Å². The van der Waals surface area contributed by atoms with E-state index in [0.717, 1.165) is 10.6 Å². The van der Waals surface area contributed by atoms with E-state index in [9.17, 15) is 27.6 Å². The zero-order valence-electron chi connectivity index (χ0n) is 11.9. The lowest BCUT2D eigenvalue weighted by Crippen LogP contribution is -2.33. The quantitative estimate of drug-likeness (QED) is 0.796. The Kier molecular flexibility index (Phi) is 3.99. The molecule has 2 heterocycles. The van der Waals surface area contributed by atoms with Gasteiger partial charge in [-0.25, -0.2) is 4.79 Å². The second kappa shape index (κ2) is 5.47. The molecule has 9 heteroatoms. The SMILES string of the molecule is Cc1cc(C(F)(F)F)c(C)n1CC(=O)ON1C(=O)CCC1=O. The van der Waals surface area contributed by atoms with Gasteiger partial charge in [-0.1, -0.05) is 0 Å². The van der Waals surface area contributed by atoms with E-state index in [-0.39, 0.29) is 24.2 Å². The molecule has 0 atom stereocenters. The van der Waals surface area contributed by atoms with Gasteiger partial charge in [0.25, 0.3) is 11.8 Å². The number of halogens is 3. The van der Waals surface area contributed by atoms with Crippen molar-refractivity contribution in [1.29, 1.82) is 0 Å². The Bertz CT molecular complexity index is 632. The van der Waals surface area contributed by atoms with Crippen LogP contribution in [0.15, 0.2) is 6.07 Å². The van der Waals surface area contributed by atoms with Crippen molar-refractivity contribution in [1.82, 2.24) is 9.63 Å². The van der Waals surface area contributed by atoms with Crippen molar-refractivity contribution in [2.75, 3.05) is 0 Å². The molecule has 0 unspecified atom stereocenters. The molecule has 0 saturated carbocycles. The number of hydrogen-bond donors (Lipinski definition) is 0. The summed E-state index contributed by atoms with van der Waals surface area (Å²) in [5.41, 5.74) is -0.756. The number of carbonyl (C=O) groups is 3. The lowest BCUT2D eigenvalue weighted by atomic mass is 10.2. The normalized spacial score (nSPS) is 15.6. The summed E-state index contributed by atoms with van der Waals surface area (Å²) in [6.07, 6.45) is -4.62. The van der Waals surface area contributed by atoms with Crippen LogP contribution in [0.4, 0.5) is 13.2 Å². The molecule has 0 aliphatic carbocycles. The largest absolute Gasteiger partial charge is 0.418 e. The van der Waals surface area contributed by atoms with Crippen molar-refractivity contribution >= 4 is 17.8 Å². The Morgan fingerprint density at radius 2 is 1.77 bits per heavy atom. The molecule has 0 bridgehead atoms. The van der Waals surface area contributed by atoms with Gasteiger partial charge in [0, 0.05) is 24.2 Å². The van der Waals surface area contributed by atoms with E-state index in [1.54, 1.807) is 0 Å². The molecule has 22 heavy (non-hydrogen) atoms. The number of carbonyl (C=O) groups excluding carboxylic acids is 3. The highest BCUT2D eigenvalue weighted by Crippen LogP contribution is 2.33. The van der Waals surface area contributed by atoms with Gasteiger partial charge in [0.2, 0.25) is 0 Å². The van der Waals surface area contributed by atoms with Gasteiger partial charge in [0.1, 0.15) is 6.54 Å². The molecule has 0 spiro atoms. The molecule has 2 rings (SSSR count). The van der Waals surface area contributed by atoms with Crippen molar-refractivity contribution in [3.63, 3.8) is 0 Å². The number of rotatable bonds is 3. The van der Waals surface area contributed by atoms with Crippen molar-refractivity contribution in [2.45, 2.75) is 39.4 Å². The number of imide groups is 1. The summed E-state index contributed by atoms with van der Waals surface area (Å²) in [5.74, 6) is -2.27. The van der Waals surface area contributed by atoms with Gasteiger partial charge in [-0.2, -0.15) is 13.2 Å². The van der Waals surface area contributed by atoms with Crippen molar-refractivity contribution in [3.05, 3.63) is 23.0 Å². The average Bonchev–Trinajstić information content (AvgIpc) is 2.85. The first-order valence-electron chi connectivity index (χ1n) is 6.41. The summed E-state index contributed by atoms with van der Waals surface area (Å²) in [4.78, 5) is 39.0. The summed E-state index contributed by atoms with van der Waals surface area (Å²) in [5, 5.41) is 0.362. The van der Waals surface area contributed by atoms with Crippen LogP contribution in [-0.4, -0.2) is 27.4 Å². The summed E-state index contributed by atoms with van der Waals surface area (Å²) in [7, 11) is 0. The maximum atomic E-state index is 12.8. The Morgan fingerprint density at radius 1 is 1.23 bits per heavy atom. The summed E-state index contributed by atoms with van der Waals surface area (Å²) < 4.78 is 39.5. The molecule has 0 aromatic carbocycles. The van der Waals surface area contributed by atoms with Crippen LogP contribution in [0.3, 0.4) is 0 Å². The van der Waals surface area contributed by atoms with E-state index in [2.05, 4.69) is 4.84 Å². The minimum Gasteiger partial charge on any atom is -0.337 e. The van der Waals surface area contributed by atoms with Crippen LogP contribution in [0.2, 0.25) is 0 Å². The van der Waals surface area contributed by atoms with Crippen LogP contribution in [0.5, 0.6) is 0 Å². The Balaban J connectivity index is 2.14. The molecule has 1 saturated heterocycles. The fourth-order valence-corrected chi connectivity index (χ4v) is 2.25. The molecule has 6 nitrogen and oxygen atoms in total. The number of hydroxylamine groups is 2. The van der Waals surface area contributed by atoms with Crippen LogP contribution in [-0.2, 0) is 31.9 Å². The lowest BCUT2D eigenvalue weighted by Gasteiger charge is -2.14. The molecular formula is C13H13F3N2O4. The number of hydrogen-bond acceptors (Lipinski definition) is 4. The van der Waals surface area contributed by atoms with Gasteiger partial charge in [-0.05, 0) is 19.9 Å². The van der Waals surface area contributed by atoms with Crippen LogP contribution < -0.4 is 0 Å². The van der Waals surface area contributed by atoms with Gasteiger partial charge in [-0.15, -0.1) is 5.06 Å². The Morgan fingerprint density at radius 3 is 2.23 bits per heavy atom. The third-order valence-corrected chi connectivity index (χ3v) is 3.37. The second-order valence-electron chi connectivity index (χ2n) is 4.91. The first-order chi connectivity index (χ1) is 10.1. The minimum absolute atomic E-state index is 0.0497. The summed E-state index contributed by atoms with van der Waals surface area (Å²) in [6.45, 7) is 2.13. The van der Waals surface area contributed by atoms with Gasteiger partial charge < -0.3 is 9.40 Å². The van der Waals surface area contributed by atoms with E-state index in [4.69, 9.17) is 0 Å². The molecule has 0 radical (unpaired) electrons. The van der Waals surface area contributed by atoms with Gasteiger partial charge in [0.05, 0.1) is 5.56 Å². The van der Waals surface area contributed by atoms with Crippen LogP contribution >= 0.6 is 0 Å². The third kappa shape index (κ3) is 2.97. The van der Waals surface area contributed by atoms with Crippen LogP contribution in [0.25, 0.3) is 0 Å². The van der Waals surface area contributed by atoms with Gasteiger partial charge in [0.15, 0.2) is 0 Å². The van der Waals surface area contributed by atoms with E-state index in [1.807, 2.05) is 0 Å². The molecule has 0 N–H and O–H groups in total. The van der Waals surface area contributed by atoms with E-state index in [1.165, 1.54) is 13.8 Å². The fraction of sp³-hybridized carbons (Fsp3) is 0.462. The smallest absolute Gasteiger partial charge is 0.337 e. The summed E-state index contributed by atoms with van der Waals surface area (Å²) in [6, 6.07) is 0.925. The van der Waals surface area contributed by atoms with E-state index in [0.29, 0.717) is 5.06 Å². The molecular weight excluding hydrogens is 305 g/mol. The molecule has 1 aliphatic heterocycles. The molecule has 1 fully saturated rings. The maximum Gasteiger partial charge on any atom is 0.418 e. The zero-order chi connectivity index (χ0) is 16.7. The van der Waals surface area contributed by atoms with E-state index < -0.39 is 36.1 Å². The topological polar surface area (TPSA) is 68.6 Å². The minimum atomic E-state index is -4.52. The summed E-state index contributed by atoms with van der Waals surface area (Å²) >= 11 is 0. The molecule has 2 amide bonds. The third-order valence-electron chi connectivity index (χ3n) is 3.37. The number of alkyl halides is 3. The molecule has 1 aromatic heterocycles. The number of aromatic nitrogens is 1. The fourth-order valence-electron chi connectivity index (χ4n) is 2.25. The Labute approximate surface area is 123 Å². The number of nitrogens with zero attached hydrogens (tertiary/aromatic N) is 2. The molecule has 120 valence electrons. The van der Waals surface area contributed by atoms with Crippen molar-refractivity contribution in [3.8, 4) is 0 Å². The lowest BCUT2D eigenvalue weighted by molar-refractivity contribution is -0.198. The molecule has 1 aliphatic rings. The Hall–Kier alpha value is -2.32. The van der Waals surface area contributed by atoms with Crippen LogP contribution in [0.1, 0.15) is 29.8 Å². The van der Waals surface area contributed by atoms with Crippen LogP contribution in [0, 0.1) is 13.8 Å². The molecule has 1 aromatic rings. The standard InChI is InChI=1S/C13H13F3N2O4/c1-7-5-9(13(14,15)16)8(2)17(7)6-12(21)22-18-10(19)3-4-11(18)20/h5H,3-4,6H2,1-2H3. The predicted molar refractivity (Wildman–Crippen MR) is 66.1 cm³/mol. The van der Waals surface area contributed by atoms with Gasteiger partial charge in [-0.3, -0.25) is 9.59 Å². The average molecular weight is 318 g/mol. The highest BCUT2D eigenvalue weighted by atomic mass is 19.4.